The van der Waals surface area contributed by atoms with Gasteiger partial charge in [-0.25, -0.2) is 4.98 Å². The number of carbonyl (C=O) groups is 1. The van der Waals surface area contributed by atoms with Crippen molar-refractivity contribution in [1.82, 2.24) is 25.0 Å². The molecule has 1 amide bonds. The van der Waals surface area contributed by atoms with Crippen molar-refractivity contribution < 1.29 is 4.79 Å². The lowest BCUT2D eigenvalue weighted by atomic mass is 10.0. The number of rotatable bonds is 5. The van der Waals surface area contributed by atoms with Gasteiger partial charge in [-0.3, -0.25) is 14.8 Å². The van der Waals surface area contributed by atoms with Gasteiger partial charge in [-0.05, 0) is 37.2 Å². The van der Waals surface area contributed by atoms with Crippen LogP contribution in [0, 0.1) is 11.8 Å². The van der Waals surface area contributed by atoms with Gasteiger partial charge in [0.2, 0.25) is 0 Å². The molecule has 2 fully saturated rings. The Bertz CT molecular complexity index is 769. The largest absolute Gasteiger partial charge is 0.337 e. The Kier molecular flexibility index (Phi) is 5.25. The molecule has 4 rings (SSSR count). The molecule has 2 aliphatic rings. The monoisotopic (exact) mass is 367 g/mol. The third-order valence-corrected chi connectivity index (χ3v) is 5.82. The van der Waals surface area contributed by atoms with Crippen LogP contribution in [0.15, 0.2) is 30.6 Å². The second-order valence-corrected chi connectivity index (χ2v) is 8.23. The highest BCUT2D eigenvalue weighted by Gasteiger charge is 2.34. The molecule has 1 aliphatic heterocycles. The van der Waals surface area contributed by atoms with E-state index in [1.165, 1.54) is 25.7 Å². The Morgan fingerprint density at radius 3 is 2.78 bits per heavy atom. The average Bonchev–Trinajstić information content (AvgIpc) is 3.38. The summed E-state index contributed by atoms with van der Waals surface area (Å²) in [4.78, 5) is 22.4. The molecule has 2 heterocycles. The van der Waals surface area contributed by atoms with E-state index in [9.17, 15) is 4.79 Å². The molecule has 1 aromatic heterocycles. The molecule has 144 valence electrons. The fourth-order valence-electron chi connectivity index (χ4n) is 4.12. The number of nitrogens with zero attached hydrogens (tertiary/aromatic N) is 4. The van der Waals surface area contributed by atoms with Crippen molar-refractivity contribution in [3.63, 3.8) is 0 Å². The van der Waals surface area contributed by atoms with Crippen molar-refractivity contribution in [2.45, 2.75) is 39.2 Å². The van der Waals surface area contributed by atoms with Gasteiger partial charge >= 0.3 is 0 Å². The minimum absolute atomic E-state index is 0.0981. The van der Waals surface area contributed by atoms with Crippen LogP contribution in [-0.2, 0) is 0 Å². The van der Waals surface area contributed by atoms with Gasteiger partial charge in [0, 0.05) is 37.8 Å². The van der Waals surface area contributed by atoms with Gasteiger partial charge < -0.3 is 4.90 Å². The predicted molar refractivity (Wildman–Crippen MR) is 105 cm³/mol. The summed E-state index contributed by atoms with van der Waals surface area (Å²) in [6, 6.07) is 8.12. The lowest BCUT2D eigenvalue weighted by molar-refractivity contribution is 0.0705. The molecule has 1 N–H and O–H groups in total. The fraction of sp³-hybridized carbons (Fsp3) is 0.571. The summed E-state index contributed by atoms with van der Waals surface area (Å²) in [6.45, 7) is 8.45. The van der Waals surface area contributed by atoms with Gasteiger partial charge in [-0.2, -0.15) is 5.10 Å². The van der Waals surface area contributed by atoms with Crippen molar-refractivity contribution in [3.05, 3.63) is 36.2 Å². The number of H-pyrrole nitrogens is 1. The first-order valence-electron chi connectivity index (χ1n) is 10.1. The van der Waals surface area contributed by atoms with E-state index in [-0.39, 0.29) is 5.91 Å². The number of hydrogen-bond donors (Lipinski definition) is 1. The van der Waals surface area contributed by atoms with E-state index in [0.717, 1.165) is 37.5 Å². The number of aromatic nitrogens is 3. The number of nitrogens with one attached hydrogen (secondary N) is 1. The summed E-state index contributed by atoms with van der Waals surface area (Å²) >= 11 is 0. The van der Waals surface area contributed by atoms with Crippen LogP contribution in [0.5, 0.6) is 0 Å². The molecule has 1 aromatic carbocycles. The molecule has 1 atom stereocenters. The van der Waals surface area contributed by atoms with Crippen molar-refractivity contribution in [2.75, 3.05) is 26.2 Å². The maximum Gasteiger partial charge on any atom is 0.254 e. The predicted octanol–water partition coefficient (Wildman–Crippen LogP) is 3.05. The molecular formula is C21H29N5O. The Labute approximate surface area is 161 Å². The summed E-state index contributed by atoms with van der Waals surface area (Å²) in [5, 5.41) is 6.82. The van der Waals surface area contributed by atoms with Crippen LogP contribution in [-0.4, -0.2) is 63.1 Å². The van der Waals surface area contributed by atoms with E-state index in [4.69, 9.17) is 0 Å². The number of amides is 1. The fourth-order valence-corrected chi connectivity index (χ4v) is 4.12. The molecule has 2 aromatic rings. The van der Waals surface area contributed by atoms with E-state index in [1.807, 2.05) is 29.2 Å². The summed E-state index contributed by atoms with van der Waals surface area (Å²) in [5.41, 5.74) is 1.52. The standard InChI is InChI=1S/C21H29N5O/c1-15(2)19-13-26(11-5-10-25(19)12-16-8-9-16)21(27)18-7-4-3-6-17(18)20-22-14-23-24-20/h3-4,6-7,14-16,19H,5,8-13H2,1-2H3,(H,22,23,24). The minimum atomic E-state index is 0.0981. The second-order valence-electron chi connectivity index (χ2n) is 8.23. The van der Waals surface area contributed by atoms with Crippen LogP contribution in [0.3, 0.4) is 0 Å². The summed E-state index contributed by atoms with van der Waals surface area (Å²) in [7, 11) is 0. The van der Waals surface area contributed by atoms with E-state index < -0.39 is 0 Å². The van der Waals surface area contributed by atoms with Crippen molar-refractivity contribution >= 4 is 5.91 Å². The molecule has 0 radical (unpaired) electrons. The average molecular weight is 367 g/mol. The van der Waals surface area contributed by atoms with Gasteiger partial charge in [-0.1, -0.05) is 32.0 Å². The van der Waals surface area contributed by atoms with Gasteiger partial charge in [0.1, 0.15) is 6.33 Å². The van der Waals surface area contributed by atoms with Gasteiger partial charge in [0.15, 0.2) is 5.82 Å². The summed E-state index contributed by atoms with van der Waals surface area (Å²) in [5.74, 6) is 2.15. The second kappa shape index (κ2) is 7.80. The lowest BCUT2D eigenvalue weighted by Crippen LogP contribution is -2.46. The molecule has 1 aliphatic carbocycles. The van der Waals surface area contributed by atoms with Crippen LogP contribution in [0.2, 0.25) is 0 Å². The van der Waals surface area contributed by atoms with E-state index in [0.29, 0.717) is 23.3 Å². The van der Waals surface area contributed by atoms with Crippen molar-refractivity contribution in [2.24, 2.45) is 11.8 Å². The van der Waals surface area contributed by atoms with Crippen LogP contribution < -0.4 is 0 Å². The van der Waals surface area contributed by atoms with Crippen LogP contribution in [0.1, 0.15) is 43.5 Å². The zero-order valence-electron chi connectivity index (χ0n) is 16.3. The quantitative estimate of drug-likeness (QED) is 0.882. The molecular weight excluding hydrogens is 338 g/mol. The molecule has 1 saturated heterocycles. The zero-order chi connectivity index (χ0) is 18.8. The molecule has 1 saturated carbocycles. The van der Waals surface area contributed by atoms with E-state index in [1.54, 1.807) is 0 Å². The van der Waals surface area contributed by atoms with Crippen LogP contribution >= 0.6 is 0 Å². The van der Waals surface area contributed by atoms with E-state index >= 15 is 0 Å². The Morgan fingerprint density at radius 1 is 1.26 bits per heavy atom. The Morgan fingerprint density at radius 2 is 2.07 bits per heavy atom. The molecule has 6 nitrogen and oxygen atoms in total. The highest BCUT2D eigenvalue weighted by molar-refractivity contribution is 6.00. The third-order valence-electron chi connectivity index (χ3n) is 5.82. The number of carbonyl (C=O) groups excluding carboxylic acids is 1. The van der Waals surface area contributed by atoms with Crippen LogP contribution in [0.4, 0.5) is 0 Å². The zero-order valence-corrected chi connectivity index (χ0v) is 16.3. The SMILES string of the molecule is CC(C)C1CN(C(=O)c2ccccc2-c2ncn[nH]2)CCCN1CC1CC1. The first-order chi connectivity index (χ1) is 13.1. The molecule has 0 spiro atoms. The normalized spacial score (nSPS) is 21.4. The number of benzene rings is 1. The van der Waals surface area contributed by atoms with Crippen molar-refractivity contribution in [1.29, 1.82) is 0 Å². The maximum atomic E-state index is 13.4. The van der Waals surface area contributed by atoms with Gasteiger partial charge in [-0.15, -0.1) is 0 Å². The van der Waals surface area contributed by atoms with Gasteiger partial charge in [0.25, 0.3) is 5.91 Å². The lowest BCUT2D eigenvalue weighted by Gasteiger charge is -2.34. The first kappa shape index (κ1) is 18.2. The molecule has 1 unspecified atom stereocenters. The molecule has 0 bridgehead atoms. The topological polar surface area (TPSA) is 65.1 Å². The van der Waals surface area contributed by atoms with E-state index in [2.05, 4.69) is 33.9 Å². The summed E-state index contributed by atoms with van der Waals surface area (Å²) in [6.07, 6.45) is 5.25. The summed E-state index contributed by atoms with van der Waals surface area (Å²) < 4.78 is 0. The smallest absolute Gasteiger partial charge is 0.254 e. The minimum Gasteiger partial charge on any atom is -0.337 e. The third kappa shape index (κ3) is 4.05. The highest BCUT2D eigenvalue weighted by Crippen LogP contribution is 2.32. The first-order valence-corrected chi connectivity index (χ1v) is 10.1. The molecule has 6 heteroatoms. The number of aromatic amines is 1. The maximum absolute atomic E-state index is 13.4. The van der Waals surface area contributed by atoms with Gasteiger partial charge in [0.05, 0.1) is 5.56 Å². The highest BCUT2D eigenvalue weighted by atomic mass is 16.2. The van der Waals surface area contributed by atoms with Crippen molar-refractivity contribution in [3.8, 4) is 11.4 Å². The number of hydrogen-bond acceptors (Lipinski definition) is 4. The molecule has 27 heavy (non-hydrogen) atoms. The van der Waals surface area contributed by atoms with Crippen LogP contribution in [0.25, 0.3) is 11.4 Å². The Hall–Kier alpha value is -2.21. The Balaban J connectivity index is 1.57.